The van der Waals surface area contributed by atoms with E-state index in [1.54, 1.807) is 47.2 Å². The van der Waals surface area contributed by atoms with Crippen LogP contribution in [0, 0.1) is 5.82 Å². The van der Waals surface area contributed by atoms with Gasteiger partial charge in [0.1, 0.15) is 5.82 Å². The Labute approximate surface area is 166 Å². The van der Waals surface area contributed by atoms with Crippen LogP contribution in [-0.2, 0) is 0 Å². The largest absolute Gasteiger partial charge is 0.335 e. The van der Waals surface area contributed by atoms with E-state index < -0.39 is 0 Å². The highest BCUT2D eigenvalue weighted by molar-refractivity contribution is 6.42. The van der Waals surface area contributed by atoms with Crippen LogP contribution in [0.2, 0.25) is 10.0 Å². The van der Waals surface area contributed by atoms with E-state index in [1.165, 1.54) is 17.0 Å². The normalized spacial score (nSPS) is 14.2. The SMILES string of the molecule is CN(C(=O)N1CCN(C(=O)c2ccc(Cl)c(Cl)c2)CC1)c1ccc(F)cc1. The van der Waals surface area contributed by atoms with Gasteiger partial charge in [0, 0.05) is 44.5 Å². The number of benzene rings is 2. The Morgan fingerprint density at radius 2 is 1.52 bits per heavy atom. The number of hydrogen-bond acceptors (Lipinski definition) is 2. The number of hydrogen-bond donors (Lipinski definition) is 0. The molecule has 3 rings (SSSR count). The third kappa shape index (κ3) is 4.34. The second-order valence-corrected chi connectivity index (χ2v) is 7.04. The highest BCUT2D eigenvalue weighted by atomic mass is 35.5. The zero-order valence-corrected chi connectivity index (χ0v) is 16.2. The van der Waals surface area contributed by atoms with Crippen molar-refractivity contribution < 1.29 is 14.0 Å². The zero-order valence-electron chi connectivity index (χ0n) is 14.7. The molecular formula is C19H18Cl2FN3O2. The van der Waals surface area contributed by atoms with E-state index in [2.05, 4.69) is 0 Å². The molecule has 0 bridgehead atoms. The molecule has 2 aromatic carbocycles. The molecule has 142 valence electrons. The summed E-state index contributed by atoms with van der Waals surface area (Å²) in [6, 6.07) is 10.3. The average molecular weight is 410 g/mol. The van der Waals surface area contributed by atoms with Crippen LogP contribution in [0.1, 0.15) is 10.4 Å². The van der Waals surface area contributed by atoms with Crippen LogP contribution in [0.4, 0.5) is 14.9 Å². The lowest BCUT2D eigenvalue weighted by molar-refractivity contribution is 0.0669. The molecule has 1 aliphatic rings. The predicted molar refractivity (Wildman–Crippen MR) is 104 cm³/mol. The fourth-order valence-corrected chi connectivity index (χ4v) is 3.20. The van der Waals surface area contributed by atoms with Crippen molar-refractivity contribution in [2.45, 2.75) is 0 Å². The lowest BCUT2D eigenvalue weighted by Gasteiger charge is -2.36. The minimum Gasteiger partial charge on any atom is -0.335 e. The van der Waals surface area contributed by atoms with E-state index in [9.17, 15) is 14.0 Å². The molecule has 0 aromatic heterocycles. The van der Waals surface area contributed by atoms with Gasteiger partial charge in [-0.3, -0.25) is 9.69 Å². The van der Waals surface area contributed by atoms with E-state index in [4.69, 9.17) is 23.2 Å². The van der Waals surface area contributed by atoms with Gasteiger partial charge in [0.2, 0.25) is 0 Å². The number of carbonyl (C=O) groups excluding carboxylic acids is 2. The van der Waals surface area contributed by atoms with Gasteiger partial charge in [0.25, 0.3) is 5.91 Å². The highest BCUT2D eigenvalue weighted by Crippen LogP contribution is 2.24. The van der Waals surface area contributed by atoms with Crippen LogP contribution in [-0.4, -0.2) is 55.0 Å². The maximum absolute atomic E-state index is 13.0. The average Bonchev–Trinajstić information content (AvgIpc) is 2.69. The molecule has 0 atom stereocenters. The molecule has 0 saturated carbocycles. The van der Waals surface area contributed by atoms with E-state index in [-0.39, 0.29) is 17.8 Å². The molecule has 0 radical (unpaired) electrons. The minimum absolute atomic E-state index is 0.146. The van der Waals surface area contributed by atoms with Crippen LogP contribution >= 0.6 is 23.2 Å². The number of nitrogens with zero attached hydrogens (tertiary/aromatic N) is 3. The smallest absolute Gasteiger partial charge is 0.324 e. The summed E-state index contributed by atoms with van der Waals surface area (Å²) in [5.74, 6) is -0.499. The fourth-order valence-electron chi connectivity index (χ4n) is 2.90. The molecule has 3 amide bonds. The number of urea groups is 1. The number of rotatable bonds is 2. The van der Waals surface area contributed by atoms with Crippen LogP contribution in [0.5, 0.6) is 0 Å². The van der Waals surface area contributed by atoms with Gasteiger partial charge >= 0.3 is 6.03 Å². The molecule has 1 heterocycles. The second-order valence-electron chi connectivity index (χ2n) is 6.23. The number of carbonyl (C=O) groups is 2. The molecule has 1 aliphatic heterocycles. The Hall–Kier alpha value is -2.31. The lowest BCUT2D eigenvalue weighted by atomic mass is 10.2. The van der Waals surface area contributed by atoms with Gasteiger partial charge in [0.05, 0.1) is 10.0 Å². The van der Waals surface area contributed by atoms with Gasteiger partial charge in [-0.05, 0) is 42.5 Å². The third-order valence-corrected chi connectivity index (χ3v) is 5.24. The molecule has 0 aliphatic carbocycles. The predicted octanol–water partition coefficient (Wildman–Crippen LogP) is 4.15. The van der Waals surface area contributed by atoms with Crippen molar-refractivity contribution >= 4 is 40.8 Å². The molecular weight excluding hydrogens is 392 g/mol. The van der Waals surface area contributed by atoms with Gasteiger partial charge < -0.3 is 9.80 Å². The van der Waals surface area contributed by atoms with Gasteiger partial charge in [-0.2, -0.15) is 0 Å². The molecule has 27 heavy (non-hydrogen) atoms. The van der Waals surface area contributed by atoms with Crippen LogP contribution in [0.15, 0.2) is 42.5 Å². The van der Waals surface area contributed by atoms with Crippen molar-refractivity contribution in [2.75, 3.05) is 38.1 Å². The zero-order chi connectivity index (χ0) is 19.6. The van der Waals surface area contributed by atoms with E-state index >= 15 is 0 Å². The van der Waals surface area contributed by atoms with Crippen LogP contribution in [0.3, 0.4) is 0 Å². The molecule has 5 nitrogen and oxygen atoms in total. The molecule has 1 saturated heterocycles. The first-order chi connectivity index (χ1) is 12.9. The highest BCUT2D eigenvalue weighted by Gasteiger charge is 2.27. The Morgan fingerprint density at radius 3 is 2.11 bits per heavy atom. The molecule has 2 aromatic rings. The first-order valence-corrected chi connectivity index (χ1v) is 9.15. The van der Waals surface area contributed by atoms with Gasteiger partial charge in [0.15, 0.2) is 0 Å². The third-order valence-electron chi connectivity index (χ3n) is 4.50. The van der Waals surface area contributed by atoms with Gasteiger partial charge in [-0.1, -0.05) is 23.2 Å². The summed E-state index contributed by atoms with van der Waals surface area (Å²) in [7, 11) is 1.64. The van der Waals surface area contributed by atoms with E-state index in [0.717, 1.165) is 0 Å². The summed E-state index contributed by atoms with van der Waals surface area (Å²) in [4.78, 5) is 30.1. The van der Waals surface area contributed by atoms with Gasteiger partial charge in [-0.25, -0.2) is 9.18 Å². The van der Waals surface area contributed by atoms with Crippen molar-refractivity contribution in [3.63, 3.8) is 0 Å². The Bertz CT molecular complexity index is 853. The molecule has 8 heteroatoms. The molecule has 1 fully saturated rings. The number of halogens is 3. The van der Waals surface area contributed by atoms with Crippen LogP contribution < -0.4 is 4.90 Å². The monoisotopic (exact) mass is 409 g/mol. The van der Waals surface area contributed by atoms with Crippen molar-refractivity contribution in [1.29, 1.82) is 0 Å². The van der Waals surface area contributed by atoms with Crippen molar-refractivity contribution in [1.82, 2.24) is 9.80 Å². The van der Waals surface area contributed by atoms with E-state index in [0.29, 0.717) is 47.5 Å². The summed E-state index contributed by atoms with van der Waals surface area (Å²) < 4.78 is 13.0. The topological polar surface area (TPSA) is 43.9 Å². The summed E-state index contributed by atoms with van der Waals surface area (Å²) >= 11 is 11.9. The summed E-state index contributed by atoms with van der Waals surface area (Å²) in [5, 5.41) is 0.727. The van der Waals surface area contributed by atoms with E-state index in [1.807, 2.05) is 0 Å². The van der Waals surface area contributed by atoms with Gasteiger partial charge in [-0.15, -0.1) is 0 Å². The summed E-state index contributed by atoms with van der Waals surface area (Å²) in [6.45, 7) is 1.67. The van der Waals surface area contributed by atoms with Crippen molar-refractivity contribution in [3.05, 3.63) is 63.9 Å². The minimum atomic E-state index is -0.353. The quantitative estimate of drug-likeness (QED) is 0.747. The molecule has 0 unspecified atom stereocenters. The van der Waals surface area contributed by atoms with Crippen molar-refractivity contribution in [2.24, 2.45) is 0 Å². The first kappa shape index (κ1) is 19.5. The maximum Gasteiger partial charge on any atom is 0.324 e. The Balaban J connectivity index is 1.60. The van der Waals surface area contributed by atoms with Crippen molar-refractivity contribution in [3.8, 4) is 0 Å². The fraction of sp³-hybridized carbons (Fsp3) is 0.263. The second kappa shape index (κ2) is 8.15. The molecule has 0 N–H and O–H groups in total. The number of amides is 3. The Kier molecular flexibility index (Phi) is 5.87. The summed E-state index contributed by atoms with van der Waals surface area (Å²) in [5.41, 5.74) is 1.07. The first-order valence-electron chi connectivity index (χ1n) is 8.39. The summed E-state index contributed by atoms with van der Waals surface area (Å²) in [6.07, 6.45) is 0. The Morgan fingerprint density at radius 1 is 0.926 bits per heavy atom. The maximum atomic E-state index is 13.0. The molecule has 0 spiro atoms. The number of piperazine rings is 1. The van der Waals surface area contributed by atoms with Crippen LogP contribution in [0.25, 0.3) is 0 Å². The standard InChI is InChI=1S/C19H18Cl2FN3O2/c1-23(15-5-3-14(22)4-6-15)19(27)25-10-8-24(9-11-25)18(26)13-2-7-16(20)17(21)12-13/h2-7,12H,8-11H2,1H3. The number of anilines is 1. The lowest BCUT2D eigenvalue weighted by Crippen LogP contribution is -2.53.